The van der Waals surface area contributed by atoms with Crippen LogP contribution in [0.2, 0.25) is 0 Å². The number of carbonyl (C=O) groups excluding carboxylic acids is 1. The molecule has 1 aromatic heterocycles. The molecule has 0 fully saturated rings. The van der Waals surface area contributed by atoms with Crippen molar-refractivity contribution in [1.29, 1.82) is 0 Å². The molecule has 3 nitrogen and oxygen atoms in total. The van der Waals surface area contributed by atoms with Crippen LogP contribution in [0.15, 0.2) is 35.1 Å². The summed E-state index contributed by atoms with van der Waals surface area (Å²) in [5, 5.41) is 2.92. The summed E-state index contributed by atoms with van der Waals surface area (Å²) in [6.07, 6.45) is 3.30. The van der Waals surface area contributed by atoms with Crippen molar-refractivity contribution in [2.75, 3.05) is 5.32 Å². The van der Waals surface area contributed by atoms with Gasteiger partial charge in [-0.1, -0.05) is 6.07 Å². The number of nitrogens with zero attached hydrogens (tertiary/aromatic N) is 1. The number of benzene rings is 1. The normalized spacial score (nSPS) is 10.3. The molecule has 0 saturated carbocycles. The maximum absolute atomic E-state index is 12.2. The lowest BCUT2D eigenvalue weighted by Gasteiger charge is -2.12. The SMILES string of the molecule is Cc1cncc(C(=O)Nc2c(C)cc(C)cc2Br)c1. The third-order valence-corrected chi connectivity index (χ3v) is 3.43. The molecule has 98 valence electrons. The summed E-state index contributed by atoms with van der Waals surface area (Å²) in [6.45, 7) is 5.91. The first-order chi connectivity index (χ1) is 8.97. The highest BCUT2D eigenvalue weighted by Gasteiger charge is 2.11. The minimum absolute atomic E-state index is 0.149. The second-order valence-electron chi connectivity index (χ2n) is 4.64. The molecule has 0 unspecified atom stereocenters. The van der Waals surface area contributed by atoms with Gasteiger partial charge in [0.25, 0.3) is 5.91 Å². The Hall–Kier alpha value is -1.68. The van der Waals surface area contributed by atoms with Crippen molar-refractivity contribution in [3.63, 3.8) is 0 Å². The third-order valence-electron chi connectivity index (χ3n) is 2.81. The Bertz CT molecular complexity index is 615. The zero-order chi connectivity index (χ0) is 14.0. The molecule has 0 aliphatic carbocycles. The van der Waals surface area contributed by atoms with Crippen LogP contribution in [0.25, 0.3) is 0 Å². The van der Waals surface area contributed by atoms with Gasteiger partial charge in [-0.05, 0) is 65.5 Å². The van der Waals surface area contributed by atoms with Crippen molar-refractivity contribution >= 4 is 27.5 Å². The predicted octanol–water partition coefficient (Wildman–Crippen LogP) is 4.02. The van der Waals surface area contributed by atoms with Crippen molar-refractivity contribution in [2.45, 2.75) is 20.8 Å². The zero-order valence-electron chi connectivity index (χ0n) is 11.1. The number of carbonyl (C=O) groups is 1. The summed E-state index contributed by atoms with van der Waals surface area (Å²) in [6, 6.07) is 5.84. The van der Waals surface area contributed by atoms with Crippen molar-refractivity contribution in [1.82, 2.24) is 4.98 Å². The molecule has 19 heavy (non-hydrogen) atoms. The fourth-order valence-corrected chi connectivity index (χ4v) is 2.71. The van der Waals surface area contributed by atoms with Crippen LogP contribution in [0.5, 0.6) is 0 Å². The number of aromatic nitrogens is 1. The quantitative estimate of drug-likeness (QED) is 0.908. The number of hydrogen-bond acceptors (Lipinski definition) is 2. The molecule has 0 atom stereocenters. The molecule has 0 saturated heterocycles. The van der Waals surface area contributed by atoms with Crippen LogP contribution < -0.4 is 5.32 Å². The number of halogens is 1. The highest BCUT2D eigenvalue weighted by molar-refractivity contribution is 9.10. The lowest BCUT2D eigenvalue weighted by Crippen LogP contribution is -2.13. The van der Waals surface area contributed by atoms with Crippen LogP contribution >= 0.6 is 15.9 Å². The van der Waals surface area contributed by atoms with E-state index in [2.05, 4.69) is 26.2 Å². The average Bonchev–Trinajstić information content (AvgIpc) is 2.33. The second-order valence-corrected chi connectivity index (χ2v) is 5.50. The molecule has 1 amide bonds. The fraction of sp³-hybridized carbons (Fsp3) is 0.200. The van der Waals surface area contributed by atoms with Crippen molar-refractivity contribution in [3.8, 4) is 0 Å². The Morgan fingerprint density at radius 1 is 1.11 bits per heavy atom. The molecule has 0 bridgehead atoms. The largest absolute Gasteiger partial charge is 0.321 e. The molecule has 1 aromatic carbocycles. The molecule has 1 N–H and O–H groups in total. The summed E-state index contributed by atoms with van der Waals surface area (Å²) >= 11 is 3.48. The van der Waals surface area contributed by atoms with Gasteiger partial charge in [0.05, 0.1) is 11.3 Å². The minimum Gasteiger partial charge on any atom is -0.321 e. The van der Waals surface area contributed by atoms with Gasteiger partial charge in [-0.15, -0.1) is 0 Å². The van der Waals surface area contributed by atoms with Gasteiger partial charge in [0.2, 0.25) is 0 Å². The maximum Gasteiger partial charge on any atom is 0.257 e. The highest BCUT2D eigenvalue weighted by Crippen LogP contribution is 2.28. The Morgan fingerprint density at radius 3 is 2.47 bits per heavy atom. The van der Waals surface area contributed by atoms with E-state index >= 15 is 0 Å². The Balaban J connectivity index is 2.29. The van der Waals surface area contributed by atoms with Crippen molar-refractivity contribution in [3.05, 3.63) is 57.3 Å². The van der Waals surface area contributed by atoms with E-state index in [0.717, 1.165) is 26.9 Å². The van der Waals surface area contributed by atoms with E-state index in [-0.39, 0.29) is 5.91 Å². The van der Waals surface area contributed by atoms with E-state index in [1.165, 1.54) is 0 Å². The number of rotatable bonds is 2. The first-order valence-electron chi connectivity index (χ1n) is 5.97. The first-order valence-corrected chi connectivity index (χ1v) is 6.76. The van der Waals surface area contributed by atoms with Crippen LogP contribution in [0.4, 0.5) is 5.69 Å². The van der Waals surface area contributed by atoms with E-state index in [0.29, 0.717) is 5.56 Å². The van der Waals surface area contributed by atoms with Gasteiger partial charge in [0.1, 0.15) is 0 Å². The Labute approximate surface area is 121 Å². The summed E-state index contributed by atoms with van der Waals surface area (Å²) in [5.74, 6) is -0.149. The molecule has 4 heteroatoms. The van der Waals surface area contributed by atoms with Gasteiger partial charge >= 0.3 is 0 Å². The fourth-order valence-electron chi connectivity index (χ4n) is 1.94. The van der Waals surface area contributed by atoms with Gasteiger partial charge in [-0.25, -0.2) is 0 Å². The number of aryl methyl sites for hydroxylation is 3. The van der Waals surface area contributed by atoms with E-state index < -0.39 is 0 Å². The molecule has 0 aliphatic rings. The van der Waals surface area contributed by atoms with Crippen molar-refractivity contribution < 1.29 is 4.79 Å². The van der Waals surface area contributed by atoms with Crippen molar-refractivity contribution in [2.24, 2.45) is 0 Å². The van der Waals surface area contributed by atoms with Crippen LogP contribution in [0.1, 0.15) is 27.0 Å². The standard InChI is InChI=1S/C15H15BrN2O/c1-9-4-11(3)14(13(16)6-9)18-15(19)12-5-10(2)7-17-8-12/h4-8H,1-3H3,(H,18,19). The molecule has 2 aromatic rings. The average molecular weight is 319 g/mol. The molecule has 2 rings (SSSR count). The summed E-state index contributed by atoms with van der Waals surface area (Å²) < 4.78 is 0.888. The van der Waals surface area contributed by atoms with Crippen LogP contribution in [0.3, 0.4) is 0 Å². The third kappa shape index (κ3) is 3.20. The molecule has 0 radical (unpaired) electrons. The zero-order valence-corrected chi connectivity index (χ0v) is 12.7. The van der Waals surface area contributed by atoms with E-state index in [1.807, 2.05) is 39.0 Å². The lowest BCUT2D eigenvalue weighted by atomic mass is 10.1. The maximum atomic E-state index is 12.2. The first kappa shape index (κ1) is 13.7. The smallest absolute Gasteiger partial charge is 0.257 e. The lowest BCUT2D eigenvalue weighted by molar-refractivity contribution is 0.102. The number of anilines is 1. The van der Waals surface area contributed by atoms with Gasteiger partial charge in [-0.2, -0.15) is 0 Å². The molecular weight excluding hydrogens is 304 g/mol. The Morgan fingerprint density at radius 2 is 1.84 bits per heavy atom. The van der Waals surface area contributed by atoms with Gasteiger partial charge < -0.3 is 5.32 Å². The molecular formula is C15H15BrN2O. The van der Waals surface area contributed by atoms with Gasteiger partial charge in [0.15, 0.2) is 0 Å². The number of hydrogen-bond donors (Lipinski definition) is 1. The number of nitrogens with one attached hydrogen (secondary N) is 1. The van der Waals surface area contributed by atoms with E-state index in [9.17, 15) is 4.79 Å². The Kier molecular flexibility index (Phi) is 4.00. The van der Waals surface area contributed by atoms with E-state index in [4.69, 9.17) is 0 Å². The highest BCUT2D eigenvalue weighted by atomic mass is 79.9. The molecule has 0 spiro atoms. The van der Waals surface area contributed by atoms with Crippen LogP contribution in [-0.4, -0.2) is 10.9 Å². The van der Waals surface area contributed by atoms with Crippen LogP contribution in [0, 0.1) is 20.8 Å². The molecule has 0 aliphatic heterocycles. The summed E-state index contributed by atoms with van der Waals surface area (Å²) in [5.41, 5.74) is 4.51. The summed E-state index contributed by atoms with van der Waals surface area (Å²) in [7, 11) is 0. The molecule has 1 heterocycles. The summed E-state index contributed by atoms with van der Waals surface area (Å²) in [4.78, 5) is 16.2. The number of amides is 1. The van der Waals surface area contributed by atoms with Gasteiger partial charge in [-0.3, -0.25) is 9.78 Å². The minimum atomic E-state index is -0.149. The van der Waals surface area contributed by atoms with Gasteiger partial charge in [0, 0.05) is 16.9 Å². The second kappa shape index (κ2) is 5.53. The number of pyridine rings is 1. The topological polar surface area (TPSA) is 42.0 Å². The predicted molar refractivity (Wildman–Crippen MR) is 80.5 cm³/mol. The monoisotopic (exact) mass is 318 g/mol. The van der Waals surface area contributed by atoms with Crippen LogP contribution in [-0.2, 0) is 0 Å². The van der Waals surface area contributed by atoms with E-state index in [1.54, 1.807) is 12.4 Å².